The average molecular weight is 279 g/mol. The molecule has 2 heterocycles. The Kier molecular flexibility index (Phi) is 3.09. The summed E-state index contributed by atoms with van der Waals surface area (Å²) in [5, 5.41) is 6.41. The van der Waals surface area contributed by atoms with Crippen molar-refractivity contribution in [3.63, 3.8) is 0 Å². The van der Waals surface area contributed by atoms with E-state index in [1.165, 1.54) is 12.3 Å². The van der Waals surface area contributed by atoms with E-state index in [1.807, 2.05) is 0 Å². The molecule has 2 aromatic rings. The van der Waals surface area contributed by atoms with Gasteiger partial charge in [-0.1, -0.05) is 0 Å². The molecule has 1 aliphatic heterocycles. The Labute approximate surface area is 113 Å². The lowest BCUT2D eigenvalue weighted by molar-refractivity contribution is 0.102. The molecule has 0 saturated carbocycles. The fourth-order valence-electron chi connectivity index (χ4n) is 2.01. The van der Waals surface area contributed by atoms with Crippen LogP contribution in [-0.4, -0.2) is 22.3 Å². The third-order valence-electron chi connectivity index (χ3n) is 2.97. The third kappa shape index (κ3) is 2.22. The van der Waals surface area contributed by atoms with E-state index in [1.54, 1.807) is 4.68 Å². The lowest BCUT2D eigenvalue weighted by Crippen LogP contribution is -2.18. The number of nitrogens with one attached hydrogen (secondary N) is 1. The Morgan fingerprint density at radius 1 is 1.40 bits per heavy atom. The van der Waals surface area contributed by atoms with Crippen molar-refractivity contribution in [2.75, 3.05) is 11.9 Å². The van der Waals surface area contributed by atoms with Crippen LogP contribution >= 0.6 is 0 Å². The van der Waals surface area contributed by atoms with Crippen LogP contribution in [0.25, 0.3) is 0 Å². The maximum Gasteiger partial charge on any atom is 0.262 e. The normalized spacial score (nSPS) is 13.5. The molecule has 0 unspecified atom stereocenters. The smallest absolute Gasteiger partial charge is 0.262 e. The number of nitrogens with zero attached hydrogens (tertiary/aromatic N) is 2. The molecule has 0 fully saturated rings. The summed E-state index contributed by atoms with van der Waals surface area (Å²) in [5.74, 6) is -1.71. The summed E-state index contributed by atoms with van der Waals surface area (Å²) in [7, 11) is 0. The Hall–Kier alpha value is -2.44. The Morgan fingerprint density at radius 2 is 2.25 bits per heavy atom. The number of amides is 1. The van der Waals surface area contributed by atoms with Crippen LogP contribution in [-0.2, 0) is 6.54 Å². The first kappa shape index (κ1) is 12.6. The molecule has 7 heteroatoms. The third-order valence-corrected chi connectivity index (χ3v) is 2.97. The highest BCUT2D eigenvalue weighted by Crippen LogP contribution is 2.24. The summed E-state index contributed by atoms with van der Waals surface area (Å²) in [6, 6.07) is 2.95. The molecule has 1 aromatic heterocycles. The van der Waals surface area contributed by atoms with Crippen LogP contribution in [0.4, 0.5) is 14.5 Å². The van der Waals surface area contributed by atoms with Crippen LogP contribution < -0.4 is 10.1 Å². The van der Waals surface area contributed by atoms with Crippen LogP contribution in [0.2, 0.25) is 0 Å². The number of rotatable bonds is 2. The second-order valence-corrected chi connectivity index (χ2v) is 4.37. The van der Waals surface area contributed by atoms with Gasteiger partial charge in [-0.3, -0.25) is 4.79 Å². The monoisotopic (exact) mass is 279 g/mol. The number of hydrogen-bond donors (Lipinski definition) is 1. The summed E-state index contributed by atoms with van der Waals surface area (Å²) in [5.41, 5.74) is 0.139. The Bertz CT molecular complexity index is 670. The molecule has 1 aliphatic rings. The molecular formula is C13H11F2N3O2. The number of ether oxygens (including phenoxy) is 1. The molecule has 1 N–H and O–H groups in total. The molecular weight excluding hydrogens is 268 g/mol. The topological polar surface area (TPSA) is 56.2 Å². The number of halogens is 2. The minimum atomic E-state index is -0.833. The molecule has 1 aromatic carbocycles. The van der Waals surface area contributed by atoms with E-state index in [-0.39, 0.29) is 11.3 Å². The second kappa shape index (κ2) is 4.92. The molecule has 0 atom stereocenters. The van der Waals surface area contributed by atoms with Gasteiger partial charge in [0.25, 0.3) is 5.91 Å². The van der Waals surface area contributed by atoms with Gasteiger partial charge in [-0.2, -0.15) is 5.10 Å². The summed E-state index contributed by atoms with van der Waals surface area (Å²) in [6.07, 6.45) is 2.19. The van der Waals surface area contributed by atoms with Gasteiger partial charge >= 0.3 is 0 Å². The summed E-state index contributed by atoms with van der Waals surface area (Å²) >= 11 is 0. The van der Waals surface area contributed by atoms with Crippen molar-refractivity contribution < 1.29 is 18.3 Å². The van der Waals surface area contributed by atoms with E-state index in [2.05, 4.69) is 10.4 Å². The van der Waals surface area contributed by atoms with Crippen molar-refractivity contribution in [3.05, 3.63) is 41.6 Å². The van der Waals surface area contributed by atoms with Crippen LogP contribution in [0.1, 0.15) is 16.8 Å². The highest BCUT2D eigenvalue weighted by Gasteiger charge is 2.22. The van der Waals surface area contributed by atoms with Crippen molar-refractivity contribution in [2.24, 2.45) is 0 Å². The van der Waals surface area contributed by atoms with E-state index in [0.29, 0.717) is 25.1 Å². The van der Waals surface area contributed by atoms with E-state index >= 15 is 0 Å². The predicted octanol–water partition coefficient (Wildman–Crippen LogP) is 2.20. The summed E-state index contributed by atoms with van der Waals surface area (Å²) < 4.78 is 33.3. The van der Waals surface area contributed by atoms with E-state index in [0.717, 1.165) is 12.5 Å². The zero-order valence-electron chi connectivity index (χ0n) is 10.4. The minimum Gasteiger partial charge on any atom is -0.477 e. The maximum atomic E-state index is 13.5. The number of carbonyl (C=O) groups is 1. The van der Waals surface area contributed by atoms with Gasteiger partial charge in [0.15, 0.2) is 0 Å². The SMILES string of the molecule is O=C(Nc1ccc(F)cc1F)c1cnn2c1OCCC2. The van der Waals surface area contributed by atoms with Crippen LogP contribution in [0, 0.1) is 11.6 Å². The van der Waals surface area contributed by atoms with Crippen LogP contribution in [0.5, 0.6) is 5.88 Å². The van der Waals surface area contributed by atoms with Gasteiger partial charge in [-0.15, -0.1) is 0 Å². The van der Waals surface area contributed by atoms with Crippen molar-refractivity contribution in [1.82, 2.24) is 9.78 Å². The van der Waals surface area contributed by atoms with Gasteiger partial charge in [0.2, 0.25) is 5.88 Å². The van der Waals surface area contributed by atoms with Gasteiger partial charge in [0.1, 0.15) is 17.2 Å². The fraction of sp³-hybridized carbons (Fsp3) is 0.231. The van der Waals surface area contributed by atoms with E-state index in [4.69, 9.17) is 4.74 Å². The van der Waals surface area contributed by atoms with Crippen molar-refractivity contribution in [2.45, 2.75) is 13.0 Å². The molecule has 0 aliphatic carbocycles. The van der Waals surface area contributed by atoms with Crippen molar-refractivity contribution >= 4 is 11.6 Å². The van der Waals surface area contributed by atoms with Gasteiger partial charge < -0.3 is 10.1 Å². The summed E-state index contributed by atoms with van der Waals surface area (Å²) in [4.78, 5) is 12.1. The Balaban J connectivity index is 1.84. The van der Waals surface area contributed by atoms with Crippen molar-refractivity contribution in [3.8, 4) is 5.88 Å². The van der Waals surface area contributed by atoms with Crippen LogP contribution in [0.3, 0.4) is 0 Å². The predicted molar refractivity (Wildman–Crippen MR) is 66.7 cm³/mol. The van der Waals surface area contributed by atoms with Gasteiger partial charge in [0, 0.05) is 19.0 Å². The number of carbonyl (C=O) groups excluding carboxylic acids is 1. The molecule has 0 radical (unpaired) electrons. The molecule has 3 rings (SSSR count). The highest BCUT2D eigenvalue weighted by atomic mass is 19.1. The number of fused-ring (bicyclic) bond motifs is 1. The number of hydrogen-bond acceptors (Lipinski definition) is 3. The Morgan fingerprint density at radius 3 is 3.05 bits per heavy atom. The number of aryl methyl sites for hydroxylation is 1. The first-order chi connectivity index (χ1) is 9.65. The van der Waals surface area contributed by atoms with Gasteiger partial charge in [0.05, 0.1) is 18.5 Å². The lowest BCUT2D eigenvalue weighted by Gasteiger charge is -2.15. The standard InChI is InChI=1S/C13H11F2N3O2/c14-8-2-3-11(10(15)6-8)17-12(19)9-7-16-18-4-1-5-20-13(9)18/h2-3,6-7H,1,4-5H2,(H,17,19). The lowest BCUT2D eigenvalue weighted by atomic mass is 10.2. The largest absolute Gasteiger partial charge is 0.477 e. The van der Waals surface area contributed by atoms with Gasteiger partial charge in [-0.05, 0) is 12.1 Å². The molecule has 0 spiro atoms. The zero-order chi connectivity index (χ0) is 14.1. The summed E-state index contributed by atoms with van der Waals surface area (Å²) in [6.45, 7) is 1.18. The zero-order valence-corrected chi connectivity index (χ0v) is 10.4. The van der Waals surface area contributed by atoms with E-state index < -0.39 is 17.5 Å². The van der Waals surface area contributed by atoms with Crippen LogP contribution in [0.15, 0.2) is 24.4 Å². The highest BCUT2D eigenvalue weighted by molar-refractivity contribution is 6.05. The van der Waals surface area contributed by atoms with E-state index in [9.17, 15) is 13.6 Å². The number of benzene rings is 1. The minimum absolute atomic E-state index is 0.0906. The molecule has 5 nitrogen and oxygen atoms in total. The second-order valence-electron chi connectivity index (χ2n) is 4.37. The number of aromatic nitrogens is 2. The number of anilines is 1. The molecule has 1 amide bonds. The molecule has 0 bridgehead atoms. The maximum absolute atomic E-state index is 13.5. The quantitative estimate of drug-likeness (QED) is 0.916. The average Bonchev–Trinajstić information content (AvgIpc) is 2.86. The van der Waals surface area contributed by atoms with Gasteiger partial charge in [-0.25, -0.2) is 13.5 Å². The molecule has 104 valence electrons. The fourth-order valence-corrected chi connectivity index (χ4v) is 2.01. The van der Waals surface area contributed by atoms with Crippen molar-refractivity contribution in [1.29, 1.82) is 0 Å². The molecule has 0 saturated heterocycles. The first-order valence-electron chi connectivity index (χ1n) is 6.10. The molecule has 20 heavy (non-hydrogen) atoms. The first-order valence-corrected chi connectivity index (χ1v) is 6.10.